The minimum atomic E-state index is -0.498. The van der Waals surface area contributed by atoms with Gasteiger partial charge in [-0.15, -0.1) is 0 Å². The molecule has 0 unspecified atom stereocenters. The number of hydrogen-bond donors (Lipinski definition) is 1. The van der Waals surface area contributed by atoms with Gasteiger partial charge in [-0.3, -0.25) is 13.8 Å². The van der Waals surface area contributed by atoms with E-state index < -0.39 is 5.41 Å². The second-order valence-corrected chi connectivity index (χ2v) is 9.00. The summed E-state index contributed by atoms with van der Waals surface area (Å²) in [4.78, 5) is 27.2. The molecular weight excluding hydrogens is 380 g/mol. The minimum absolute atomic E-state index is 0.0414. The highest BCUT2D eigenvalue weighted by atomic mass is 32.1. The average Bonchev–Trinajstić information content (AvgIpc) is 3.31. The van der Waals surface area contributed by atoms with E-state index in [4.69, 9.17) is 9.97 Å². The lowest BCUT2D eigenvalue weighted by atomic mass is 9.87. The van der Waals surface area contributed by atoms with Gasteiger partial charge in [0.15, 0.2) is 11.4 Å². The number of carbonyl (C=O) groups excluding carboxylic acids is 1. The van der Waals surface area contributed by atoms with Crippen molar-refractivity contribution in [3.8, 4) is 0 Å². The second-order valence-electron chi connectivity index (χ2n) is 8.57. The first-order valence-corrected chi connectivity index (χ1v) is 10.5. The number of aromatic nitrogens is 4. The van der Waals surface area contributed by atoms with E-state index in [1.165, 1.54) is 11.1 Å². The Kier molecular flexibility index (Phi) is 5.07. The Hall–Kier alpha value is -2.47. The van der Waals surface area contributed by atoms with Gasteiger partial charge in [0.1, 0.15) is 5.52 Å². The fourth-order valence-electron chi connectivity index (χ4n) is 3.84. The maximum absolute atomic E-state index is 12.9. The number of fused-ring (bicyclic) bond motifs is 1. The molecule has 0 atom stereocenters. The quantitative estimate of drug-likeness (QED) is 0.465. The average molecular weight is 407 g/mol. The van der Waals surface area contributed by atoms with Gasteiger partial charge in [-0.05, 0) is 49.0 Å². The van der Waals surface area contributed by atoms with Gasteiger partial charge in [0.25, 0.3) is 0 Å². The van der Waals surface area contributed by atoms with Crippen molar-refractivity contribution in [2.75, 3.05) is 0 Å². The Bertz CT molecular complexity index is 1140. The first kappa shape index (κ1) is 19.8. The number of rotatable bonds is 4. The topological polar surface area (TPSA) is 60.7 Å². The zero-order chi connectivity index (χ0) is 20.8. The van der Waals surface area contributed by atoms with Gasteiger partial charge in [0.2, 0.25) is 0 Å². The van der Waals surface area contributed by atoms with Crippen molar-refractivity contribution >= 4 is 40.9 Å². The zero-order valence-corrected chi connectivity index (χ0v) is 18.3. The Balaban J connectivity index is 1.86. The second kappa shape index (κ2) is 7.41. The smallest absolute Gasteiger partial charge is 0.171 e. The highest BCUT2D eigenvalue weighted by molar-refractivity contribution is 7.78. The van der Waals surface area contributed by atoms with Crippen LogP contribution in [0.15, 0.2) is 30.6 Å². The number of aryl methyl sites for hydroxylation is 1. The molecule has 0 aliphatic heterocycles. The summed E-state index contributed by atoms with van der Waals surface area (Å²) in [5.41, 5.74) is 6.66. The van der Waals surface area contributed by atoms with E-state index in [9.17, 15) is 4.79 Å². The molecule has 0 saturated heterocycles. The number of Topliss-reactive ketones (excluding diaryl/α,β-unsaturated/α-hetero) is 1. The van der Waals surface area contributed by atoms with Crippen molar-refractivity contribution in [2.45, 2.75) is 53.4 Å². The van der Waals surface area contributed by atoms with Crippen LogP contribution in [-0.2, 0) is 6.42 Å². The number of allylic oxidation sites excluding steroid dienone is 2. The summed E-state index contributed by atoms with van der Waals surface area (Å²) >= 11 is 4.44. The molecule has 0 N–H and O–H groups in total. The molecule has 0 radical (unpaired) electrons. The molecular formula is C23H26N4OS. The summed E-state index contributed by atoms with van der Waals surface area (Å²) in [6.07, 6.45) is 7.43. The van der Waals surface area contributed by atoms with Crippen LogP contribution in [0.2, 0.25) is 0 Å². The van der Waals surface area contributed by atoms with Crippen LogP contribution in [0.3, 0.4) is 0 Å². The molecule has 29 heavy (non-hydrogen) atoms. The summed E-state index contributed by atoms with van der Waals surface area (Å²) in [5, 5.41) is 0. The SMILES string of the molecule is CCc1cccc(C2=C(c3cnc4c(n3)c(C(=O)C(C)(C)C)cn4S)CCC2)n1. The molecule has 1 aliphatic carbocycles. The van der Waals surface area contributed by atoms with Crippen molar-refractivity contribution in [1.29, 1.82) is 0 Å². The molecule has 6 heteroatoms. The molecule has 0 bridgehead atoms. The van der Waals surface area contributed by atoms with E-state index in [0.717, 1.165) is 42.8 Å². The maximum atomic E-state index is 12.9. The van der Waals surface area contributed by atoms with Crippen molar-refractivity contribution in [3.05, 3.63) is 53.2 Å². The molecule has 3 aromatic heterocycles. The van der Waals surface area contributed by atoms with Crippen LogP contribution in [-0.4, -0.2) is 24.7 Å². The minimum Gasteiger partial charge on any atom is -0.293 e. The molecule has 1 aliphatic rings. The predicted molar refractivity (Wildman–Crippen MR) is 120 cm³/mol. The van der Waals surface area contributed by atoms with Gasteiger partial charge in [0, 0.05) is 17.3 Å². The van der Waals surface area contributed by atoms with E-state index >= 15 is 0 Å². The fraction of sp³-hybridized carbons (Fsp3) is 0.391. The number of nitrogens with zero attached hydrogens (tertiary/aromatic N) is 4. The highest BCUT2D eigenvalue weighted by Crippen LogP contribution is 2.39. The van der Waals surface area contributed by atoms with Crippen LogP contribution in [0, 0.1) is 5.41 Å². The molecule has 0 amide bonds. The molecule has 5 nitrogen and oxygen atoms in total. The van der Waals surface area contributed by atoms with Crippen LogP contribution in [0.5, 0.6) is 0 Å². The van der Waals surface area contributed by atoms with Gasteiger partial charge in [-0.25, -0.2) is 9.97 Å². The Morgan fingerprint density at radius 1 is 1.14 bits per heavy atom. The van der Waals surface area contributed by atoms with Gasteiger partial charge >= 0.3 is 0 Å². The van der Waals surface area contributed by atoms with Crippen molar-refractivity contribution in [3.63, 3.8) is 0 Å². The third kappa shape index (κ3) is 3.62. The standard InChI is InChI=1S/C23H26N4OS/c1-5-14-8-6-11-18(25-14)15-9-7-10-16(15)19-12-24-22-20(26-19)17(13-27(22)29)21(28)23(2,3)4/h6,8,11-13,29H,5,7,9-10H2,1-4H3. The van der Waals surface area contributed by atoms with Crippen LogP contribution in [0.4, 0.5) is 0 Å². The maximum Gasteiger partial charge on any atom is 0.171 e. The summed E-state index contributed by atoms with van der Waals surface area (Å²) in [6.45, 7) is 7.86. The Labute approximate surface area is 176 Å². The van der Waals surface area contributed by atoms with Crippen molar-refractivity contribution < 1.29 is 4.79 Å². The van der Waals surface area contributed by atoms with Crippen molar-refractivity contribution in [2.24, 2.45) is 5.41 Å². The van der Waals surface area contributed by atoms with Gasteiger partial charge in [-0.1, -0.05) is 46.6 Å². The van der Waals surface area contributed by atoms with Crippen molar-refractivity contribution in [1.82, 2.24) is 18.9 Å². The third-order valence-electron chi connectivity index (χ3n) is 5.41. The van der Waals surface area contributed by atoms with E-state index in [1.54, 1.807) is 16.4 Å². The lowest BCUT2D eigenvalue weighted by molar-refractivity contribution is 0.0860. The first-order valence-electron chi connectivity index (χ1n) is 10.1. The van der Waals surface area contributed by atoms with E-state index in [-0.39, 0.29) is 5.78 Å². The molecule has 4 rings (SSSR count). The summed E-state index contributed by atoms with van der Waals surface area (Å²) in [6, 6.07) is 6.20. The molecule has 0 saturated carbocycles. The fourth-order valence-corrected chi connectivity index (χ4v) is 4.11. The number of thiol groups is 1. The molecule has 0 fully saturated rings. The van der Waals surface area contributed by atoms with Gasteiger partial charge < -0.3 is 0 Å². The normalized spacial score (nSPS) is 14.8. The third-order valence-corrected chi connectivity index (χ3v) is 5.71. The monoisotopic (exact) mass is 406 g/mol. The Morgan fingerprint density at radius 2 is 1.86 bits per heavy atom. The van der Waals surface area contributed by atoms with Crippen LogP contribution >= 0.6 is 12.8 Å². The summed E-state index contributed by atoms with van der Waals surface area (Å²) in [7, 11) is 0. The predicted octanol–water partition coefficient (Wildman–Crippen LogP) is 5.41. The lowest BCUT2D eigenvalue weighted by Gasteiger charge is -2.15. The van der Waals surface area contributed by atoms with Crippen LogP contribution < -0.4 is 0 Å². The van der Waals surface area contributed by atoms with Crippen LogP contribution in [0.1, 0.15) is 74.4 Å². The van der Waals surface area contributed by atoms with Gasteiger partial charge in [0.05, 0.1) is 23.1 Å². The molecule has 150 valence electrons. The molecule has 3 aromatic rings. The number of hydrogen-bond acceptors (Lipinski definition) is 5. The Morgan fingerprint density at radius 3 is 2.55 bits per heavy atom. The molecule has 0 spiro atoms. The lowest BCUT2D eigenvalue weighted by Crippen LogP contribution is -2.20. The van der Waals surface area contributed by atoms with E-state index in [1.807, 2.05) is 20.8 Å². The summed E-state index contributed by atoms with van der Waals surface area (Å²) < 4.78 is 1.58. The summed E-state index contributed by atoms with van der Waals surface area (Å²) in [5.74, 6) is 0.0414. The highest BCUT2D eigenvalue weighted by Gasteiger charge is 2.28. The molecule has 3 heterocycles. The van der Waals surface area contributed by atoms with E-state index in [0.29, 0.717) is 16.7 Å². The van der Waals surface area contributed by atoms with Gasteiger partial charge in [-0.2, -0.15) is 0 Å². The zero-order valence-electron chi connectivity index (χ0n) is 17.4. The first-order chi connectivity index (χ1) is 13.8. The van der Waals surface area contributed by atoms with E-state index in [2.05, 4.69) is 42.9 Å². The number of carbonyl (C=O) groups is 1. The largest absolute Gasteiger partial charge is 0.293 e. The number of ketones is 1. The molecule has 0 aromatic carbocycles. The van der Waals surface area contributed by atoms with Crippen LogP contribution in [0.25, 0.3) is 22.3 Å². The number of pyridine rings is 1.